The fourth-order valence-corrected chi connectivity index (χ4v) is 2.35. The molecule has 0 aromatic heterocycles. The summed E-state index contributed by atoms with van der Waals surface area (Å²) in [5.41, 5.74) is 3.92. The van der Waals surface area contributed by atoms with Crippen molar-refractivity contribution in [1.29, 1.82) is 0 Å². The van der Waals surface area contributed by atoms with Crippen LogP contribution in [-0.4, -0.2) is 9.93 Å². The van der Waals surface area contributed by atoms with Crippen molar-refractivity contribution >= 4 is 15.9 Å². The number of fused-ring (bicyclic) bond motifs is 1. The van der Waals surface area contributed by atoms with Gasteiger partial charge >= 0.3 is 0 Å². The van der Waals surface area contributed by atoms with Gasteiger partial charge in [-0.2, -0.15) is 0 Å². The molecule has 2 heteroatoms. The Kier molecular flexibility index (Phi) is 2.93. The first-order valence-corrected chi connectivity index (χ1v) is 6.04. The fraction of sp³-hybridized carbons (Fsp3) is 0.500. The van der Waals surface area contributed by atoms with Crippen LogP contribution in [-0.2, 0) is 12.8 Å². The van der Waals surface area contributed by atoms with E-state index in [1.807, 2.05) is 13.0 Å². The molecular weight excluding hydrogens is 240 g/mol. The van der Waals surface area contributed by atoms with E-state index in [1.54, 1.807) is 0 Å². The van der Waals surface area contributed by atoms with Crippen molar-refractivity contribution in [2.45, 2.75) is 37.1 Å². The van der Waals surface area contributed by atoms with E-state index in [9.17, 15) is 5.11 Å². The molecule has 2 rings (SSSR count). The average molecular weight is 255 g/mol. The number of rotatable bonds is 2. The summed E-state index contributed by atoms with van der Waals surface area (Å²) in [6.45, 7) is 1.97. The first-order chi connectivity index (χ1) is 6.68. The number of hydrogen-bond donors (Lipinski definition) is 1. The SMILES string of the molecule is CC(Br)C(O)c1ccc2c(c1)CCC2. The van der Waals surface area contributed by atoms with Gasteiger partial charge in [-0.25, -0.2) is 0 Å². The molecule has 2 unspecified atom stereocenters. The van der Waals surface area contributed by atoms with Crippen molar-refractivity contribution in [3.05, 3.63) is 34.9 Å². The summed E-state index contributed by atoms with van der Waals surface area (Å²) in [5.74, 6) is 0. The number of halogens is 1. The summed E-state index contributed by atoms with van der Waals surface area (Å²) < 4.78 is 0. The van der Waals surface area contributed by atoms with Crippen molar-refractivity contribution < 1.29 is 5.11 Å². The van der Waals surface area contributed by atoms with Crippen LogP contribution in [0.2, 0.25) is 0 Å². The van der Waals surface area contributed by atoms with Crippen LogP contribution in [0.15, 0.2) is 18.2 Å². The third kappa shape index (κ3) is 1.86. The Morgan fingerprint density at radius 2 is 2.00 bits per heavy atom. The zero-order valence-electron chi connectivity index (χ0n) is 8.33. The molecule has 0 aliphatic heterocycles. The van der Waals surface area contributed by atoms with E-state index in [0.717, 1.165) is 5.56 Å². The molecule has 0 amide bonds. The van der Waals surface area contributed by atoms with Gasteiger partial charge in [0.05, 0.1) is 6.10 Å². The molecule has 1 aliphatic rings. The van der Waals surface area contributed by atoms with Crippen LogP contribution < -0.4 is 0 Å². The molecule has 1 nitrogen and oxygen atoms in total. The minimum absolute atomic E-state index is 0.113. The molecule has 0 saturated heterocycles. The summed E-state index contributed by atoms with van der Waals surface area (Å²) in [6.07, 6.45) is 3.25. The second kappa shape index (κ2) is 4.03. The molecule has 1 aromatic carbocycles. The minimum atomic E-state index is -0.388. The molecule has 0 fully saturated rings. The second-order valence-corrected chi connectivity index (χ2v) is 5.45. The Labute approximate surface area is 93.3 Å². The van der Waals surface area contributed by atoms with Crippen LogP contribution in [0.1, 0.15) is 36.1 Å². The Morgan fingerprint density at radius 3 is 2.71 bits per heavy atom. The Balaban J connectivity index is 2.28. The van der Waals surface area contributed by atoms with E-state index in [1.165, 1.54) is 30.4 Å². The van der Waals surface area contributed by atoms with Gasteiger partial charge in [-0.1, -0.05) is 34.1 Å². The predicted octanol–water partition coefficient (Wildman–Crippen LogP) is 2.99. The number of aliphatic hydroxyl groups excluding tert-OH is 1. The fourth-order valence-electron chi connectivity index (χ4n) is 2.04. The van der Waals surface area contributed by atoms with Gasteiger partial charge in [-0.3, -0.25) is 0 Å². The van der Waals surface area contributed by atoms with E-state index in [2.05, 4.69) is 28.1 Å². The zero-order chi connectivity index (χ0) is 10.1. The third-order valence-corrected chi connectivity index (χ3v) is 3.40. The number of alkyl halides is 1. The van der Waals surface area contributed by atoms with Gasteiger partial charge < -0.3 is 5.11 Å². The minimum Gasteiger partial charge on any atom is -0.387 e. The number of hydrogen-bond acceptors (Lipinski definition) is 1. The largest absolute Gasteiger partial charge is 0.387 e. The molecule has 1 aromatic rings. The second-order valence-electron chi connectivity index (χ2n) is 4.00. The molecule has 2 atom stereocenters. The topological polar surface area (TPSA) is 20.2 Å². The lowest BCUT2D eigenvalue weighted by atomic mass is 10.0. The van der Waals surface area contributed by atoms with E-state index < -0.39 is 0 Å². The lowest BCUT2D eigenvalue weighted by Crippen LogP contribution is -2.08. The highest BCUT2D eigenvalue weighted by Crippen LogP contribution is 2.28. The predicted molar refractivity (Wildman–Crippen MR) is 61.8 cm³/mol. The van der Waals surface area contributed by atoms with Gasteiger partial charge in [-0.15, -0.1) is 0 Å². The van der Waals surface area contributed by atoms with Crippen molar-refractivity contribution in [3.8, 4) is 0 Å². The van der Waals surface area contributed by atoms with Crippen molar-refractivity contribution in [3.63, 3.8) is 0 Å². The van der Waals surface area contributed by atoms with Crippen molar-refractivity contribution in [2.24, 2.45) is 0 Å². The van der Waals surface area contributed by atoms with Gasteiger partial charge in [-0.05, 0) is 42.9 Å². The number of aliphatic hydroxyl groups is 1. The monoisotopic (exact) mass is 254 g/mol. The van der Waals surface area contributed by atoms with Gasteiger partial charge in [0.25, 0.3) is 0 Å². The Hall–Kier alpha value is -0.340. The molecule has 0 radical (unpaired) electrons. The van der Waals surface area contributed by atoms with Crippen LogP contribution >= 0.6 is 15.9 Å². The third-order valence-electron chi connectivity index (χ3n) is 2.90. The molecular formula is C12H15BrO. The molecule has 14 heavy (non-hydrogen) atoms. The van der Waals surface area contributed by atoms with Crippen LogP contribution in [0.5, 0.6) is 0 Å². The van der Waals surface area contributed by atoms with Gasteiger partial charge in [0.1, 0.15) is 0 Å². The van der Waals surface area contributed by atoms with E-state index in [4.69, 9.17) is 0 Å². The first kappa shape index (κ1) is 10.2. The molecule has 76 valence electrons. The Morgan fingerprint density at radius 1 is 1.29 bits per heavy atom. The molecule has 0 spiro atoms. The number of benzene rings is 1. The van der Waals surface area contributed by atoms with Gasteiger partial charge in [0.15, 0.2) is 0 Å². The van der Waals surface area contributed by atoms with Crippen LogP contribution in [0, 0.1) is 0 Å². The number of aryl methyl sites for hydroxylation is 2. The standard InChI is InChI=1S/C12H15BrO/c1-8(13)12(14)11-6-5-9-3-2-4-10(9)7-11/h5-8,12,14H,2-4H2,1H3. The molecule has 1 aliphatic carbocycles. The highest BCUT2D eigenvalue weighted by molar-refractivity contribution is 9.09. The summed E-state index contributed by atoms with van der Waals surface area (Å²) in [7, 11) is 0. The Bertz CT molecular complexity index is 333. The summed E-state index contributed by atoms with van der Waals surface area (Å²) in [4.78, 5) is 0.113. The van der Waals surface area contributed by atoms with Crippen LogP contribution in [0.25, 0.3) is 0 Å². The lowest BCUT2D eigenvalue weighted by molar-refractivity contribution is 0.181. The normalized spacial score (nSPS) is 19.1. The highest BCUT2D eigenvalue weighted by atomic mass is 79.9. The van der Waals surface area contributed by atoms with Gasteiger partial charge in [0, 0.05) is 4.83 Å². The molecule has 0 bridgehead atoms. The maximum atomic E-state index is 9.88. The lowest BCUT2D eigenvalue weighted by Gasteiger charge is -2.14. The maximum Gasteiger partial charge on any atom is 0.0912 e. The maximum absolute atomic E-state index is 9.88. The van der Waals surface area contributed by atoms with Gasteiger partial charge in [0.2, 0.25) is 0 Å². The zero-order valence-corrected chi connectivity index (χ0v) is 9.92. The van der Waals surface area contributed by atoms with E-state index in [0.29, 0.717) is 0 Å². The van der Waals surface area contributed by atoms with E-state index in [-0.39, 0.29) is 10.9 Å². The summed E-state index contributed by atoms with van der Waals surface area (Å²) >= 11 is 3.41. The van der Waals surface area contributed by atoms with Crippen LogP contribution in [0.3, 0.4) is 0 Å². The van der Waals surface area contributed by atoms with Crippen molar-refractivity contribution in [1.82, 2.24) is 0 Å². The summed E-state index contributed by atoms with van der Waals surface area (Å²) in [5, 5.41) is 9.88. The highest BCUT2D eigenvalue weighted by Gasteiger charge is 2.16. The molecule has 1 N–H and O–H groups in total. The van der Waals surface area contributed by atoms with E-state index >= 15 is 0 Å². The quantitative estimate of drug-likeness (QED) is 0.805. The first-order valence-electron chi connectivity index (χ1n) is 5.12. The molecule has 0 saturated carbocycles. The average Bonchev–Trinajstić information content (AvgIpc) is 2.62. The summed E-state index contributed by atoms with van der Waals surface area (Å²) in [6, 6.07) is 6.37. The van der Waals surface area contributed by atoms with Crippen molar-refractivity contribution in [2.75, 3.05) is 0 Å². The van der Waals surface area contributed by atoms with Crippen LogP contribution in [0.4, 0.5) is 0 Å². The smallest absolute Gasteiger partial charge is 0.0912 e. The molecule has 0 heterocycles.